The number of para-hydroxylation sites is 5. The maximum Gasteiger partial charge on any atom is 0.298 e. The van der Waals surface area contributed by atoms with Crippen molar-refractivity contribution in [2.75, 3.05) is 9.80 Å². The Labute approximate surface area is 378 Å². The van der Waals surface area contributed by atoms with E-state index in [9.17, 15) is 0 Å². The number of nitrogens with zero attached hydrogens (tertiary/aromatic N) is 4. The van der Waals surface area contributed by atoms with E-state index in [2.05, 4.69) is 213 Å². The lowest BCUT2D eigenvalue weighted by Crippen LogP contribution is -2.44. The fraction of sp³-hybridized carbons (Fsp3) is 0.0167. The average molecular weight is 846 g/mol. The van der Waals surface area contributed by atoms with Crippen molar-refractivity contribution < 1.29 is 13.4 Å². The molecule has 6 nitrogen and oxygen atoms in total. The lowest BCUT2D eigenvalue weighted by atomic mass is 9.97. The van der Waals surface area contributed by atoms with Gasteiger partial charge in [-0.15, -0.1) is 0 Å². The number of hydrogen-bond acceptors (Lipinski definition) is 4. The highest BCUT2D eigenvalue weighted by molar-refractivity contribution is 6.16. The molecule has 15 rings (SSSR count). The first-order valence-corrected chi connectivity index (χ1v) is 22.5. The first-order valence-electron chi connectivity index (χ1n) is 22.5. The van der Waals surface area contributed by atoms with Crippen LogP contribution in [0.3, 0.4) is 0 Å². The molecule has 2 aliphatic rings. The van der Waals surface area contributed by atoms with Gasteiger partial charge in [0.2, 0.25) is 0 Å². The van der Waals surface area contributed by atoms with E-state index in [1.54, 1.807) is 0 Å². The smallest absolute Gasteiger partial charge is 0.298 e. The SMILES string of the molecule is c1ccc(N(c2ccc3c(c2)oc2ccccc23)c2ccc3c4c2-c2ccccc2C4[n+]2ccc(N(c4ccccc4)c4ccc5c(c4)oc4ccccc45)c4c5ccccc5n-3c42)cc1. The molecule has 1 aliphatic heterocycles. The molecule has 4 aromatic heterocycles. The van der Waals surface area contributed by atoms with Crippen LogP contribution in [0.4, 0.5) is 34.1 Å². The number of rotatable bonds is 6. The van der Waals surface area contributed by atoms with Crippen LogP contribution in [0.2, 0.25) is 0 Å². The largest absolute Gasteiger partial charge is 0.456 e. The van der Waals surface area contributed by atoms with Gasteiger partial charge in [0.1, 0.15) is 38.9 Å². The van der Waals surface area contributed by atoms with Gasteiger partial charge in [0, 0.05) is 79.0 Å². The number of aromatic nitrogens is 2. The molecule has 6 heteroatoms. The van der Waals surface area contributed by atoms with Crippen molar-refractivity contribution in [1.29, 1.82) is 0 Å². The number of furan rings is 2. The summed E-state index contributed by atoms with van der Waals surface area (Å²) in [5, 5.41) is 6.84. The summed E-state index contributed by atoms with van der Waals surface area (Å²) in [6.07, 6.45) is 2.32. The van der Waals surface area contributed by atoms with E-state index in [4.69, 9.17) is 8.83 Å². The molecule has 0 radical (unpaired) electrons. The van der Waals surface area contributed by atoms with Gasteiger partial charge in [-0.2, -0.15) is 4.57 Å². The molecule has 308 valence electrons. The van der Waals surface area contributed by atoms with Gasteiger partial charge < -0.3 is 18.6 Å². The molecule has 0 N–H and O–H groups in total. The summed E-state index contributed by atoms with van der Waals surface area (Å²) in [5.41, 5.74) is 18.5. The number of fused-ring (bicyclic) bond motifs is 14. The fourth-order valence-corrected chi connectivity index (χ4v) is 11.3. The van der Waals surface area contributed by atoms with Gasteiger partial charge in [0.15, 0.2) is 6.04 Å². The quantitative estimate of drug-likeness (QED) is 0.156. The summed E-state index contributed by atoms with van der Waals surface area (Å²) in [4.78, 5) is 4.80. The first-order chi connectivity index (χ1) is 32.8. The lowest BCUT2D eigenvalue weighted by Gasteiger charge is -2.29. The third-order valence-electron chi connectivity index (χ3n) is 14.0. The molecule has 0 fully saturated rings. The van der Waals surface area contributed by atoms with Crippen LogP contribution < -0.4 is 14.4 Å². The molecule has 0 saturated carbocycles. The molecule has 1 atom stereocenters. The van der Waals surface area contributed by atoms with Gasteiger partial charge in [0.25, 0.3) is 5.65 Å². The second kappa shape index (κ2) is 13.3. The Bertz CT molecular complexity index is 4150. The van der Waals surface area contributed by atoms with E-state index in [0.717, 1.165) is 89.2 Å². The van der Waals surface area contributed by atoms with E-state index >= 15 is 0 Å². The van der Waals surface area contributed by atoms with Gasteiger partial charge in [-0.05, 0) is 90.5 Å². The van der Waals surface area contributed by atoms with Crippen molar-refractivity contribution in [3.05, 3.63) is 230 Å². The van der Waals surface area contributed by atoms with Crippen LogP contribution in [0, 0.1) is 0 Å². The molecular formula is C60H37N4O2+. The van der Waals surface area contributed by atoms with E-state index in [-0.39, 0.29) is 6.04 Å². The summed E-state index contributed by atoms with van der Waals surface area (Å²) in [6.45, 7) is 0. The molecule has 13 aromatic rings. The van der Waals surface area contributed by atoms with E-state index < -0.39 is 0 Å². The van der Waals surface area contributed by atoms with E-state index in [1.165, 1.54) is 38.7 Å². The predicted molar refractivity (Wildman–Crippen MR) is 268 cm³/mol. The van der Waals surface area contributed by atoms with Crippen LogP contribution in [0.1, 0.15) is 17.2 Å². The lowest BCUT2D eigenvalue weighted by molar-refractivity contribution is -0.682. The highest BCUT2D eigenvalue weighted by atomic mass is 16.3. The van der Waals surface area contributed by atoms with Crippen LogP contribution >= 0.6 is 0 Å². The number of anilines is 6. The fourth-order valence-electron chi connectivity index (χ4n) is 11.3. The minimum Gasteiger partial charge on any atom is -0.456 e. The molecule has 9 aromatic carbocycles. The molecule has 1 aliphatic carbocycles. The molecule has 1 unspecified atom stereocenters. The van der Waals surface area contributed by atoms with Crippen molar-refractivity contribution >= 4 is 99.9 Å². The average Bonchev–Trinajstić information content (AvgIpc) is 4.13. The van der Waals surface area contributed by atoms with Crippen molar-refractivity contribution in [1.82, 2.24) is 4.57 Å². The summed E-state index contributed by atoms with van der Waals surface area (Å²) < 4.78 is 18.0. The standard InChI is InChI=1S/C60H37N4O2/c1-3-15-37(16-4-1)62(39-27-29-43-41-19-10-13-25-52(41)65-54(43)35-39)49-31-32-50-58-56(49)45-21-7-8-22-46(45)59(58)61-34-33-51(57-47-23-9-12-24-48(47)64(50)60(57)61)63(38-17-5-2-6-18-38)40-28-30-44-42-20-11-14-26-53(42)66-55(44)36-40/h1-36,59H/q+1. The Morgan fingerprint density at radius 2 is 0.970 bits per heavy atom. The van der Waals surface area contributed by atoms with E-state index in [1.807, 2.05) is 24.3 Å². The first kappa shape index (κ1) is 35.6. The van der Waals surface area contributed by atoms with Gasteiger partial charge in [0.05, 0.1) is 23.1 Å². The molecule has 0 spiro atoms. The predicted octanol–water partition coefficient (Wildman–Crippen LogP) is 15.7. The maximum absolute atomic E-state index is 6.50. The molecular weight excluding hydrogens is 809 g/mol. The third-order valence-corrected chi connectivity index (χ3v) is 14.0. The zero-order chi connectivity index (χ0) is 43.0. The van der Waals surface area contributed by atoms with Crippen LogP contribution in [-0.2, 0) is 0 Å². The Hall–Kier alpha value is -8.87. The number of hydrogen-bond donors (Lipinski definition) is 0. The normalized spacial score (nSPS) is 13.6. The molecule has 0 saturated heterocycles. The number of pyridine rings is 1. The van der Waals surface area contributed by atoms with Crippen LogP contribution in [-0.4, -0.2) is 4.57 Å². The monoisotopic (exact) mass is 845 g/mol. The maximum atomic E-state index is 6.50. The Morgan fingerprint density at radius 1 is 0.424 bits per heavy atom. The molecule has 0 bridgehead atoms. The van der Waals surface area contributed by atoms with E-state index in [0.29, 0.717) is 0 Å². The van der Waals surface area contributed by atoms with Crippen LogP contribution in [0.15, 0.2) is 227 Å². The highest BCUT2D eigenvalue weighted by Crippen LogP contribution is 2.56. The number of benzene rings is 9. The highest BCUT2D eigenvalue weighted by Gasteiger charge is 2.46. The van der Waals surface area contributed by atoms with Crippen molar-refractivity contribution in [2.45, 2.75) is 6.04 Å². The van der Waals surface area contributed by atoms with Crippen LogP contribution in [0.25, 0.3) is 82.6 Å². The second-order valence-electron chi connectivity index (χ2n) is 17.4. The van der Waals surface area contributed by atoms with Gasteiger partial charge in [-0.25, -0.2) is 4.57 Å². The van der Waals surface area contributed by atoms with Crippen LogP contribution in [0.5, 0.6) is 0 Å². The molecule has 5 heterocycles. The Balaban J connectivity index is 0.994. The summed E-state index contributed by atoms with van der Waals surface area (Å²) in [5.74, 6) is 0. The second-order valence-corrected chi connectivity index (χ2v) is 17.4. The topological polar surface area (TPSA) is 41.6 Å². The minimum absolute atomic E-state index is 0.0629. The molecule has 66 heavy (non-hydrogen) atoms. The summed E-state index contributed by atoms with van der Waals surface area (Å²) in [7, 11) is 0. The Morgan fingerprint density at radius 3 is 1.64 bits per heavy atom. The van der Waals surface area contributed by atoms with Crippen molar-refractivity contribution in [2.24, 2.45) is 0 Å². The summed E-state index contributed by atoms with van der Waals surface area (Å²) >= 11 is 0. The zero-order valence-corrected chi connectivity index (χ0v) is 35.5. The minimum atomic E-state index is -0.0629. The van der Waals surface area contributed by atoms with Gasteiger partial charge in [-0.3, -0.25) is 0 Å². The Kier molecular flexibility index (Phi) is 7.18. The molecule has 0 amide bonds. The van der Waals surface area contributed by atoms with Gasteiger partial charge >= 0.3 is 0 Å². The van der Waals surface area contributed by atoms with Gasteiger partial charge in [-0.1, -0.05) is 109 Å². The van der Waals surface area contributed by atoms with Crippen molar-refractivity contribution in [3.8, 4) is 16.8 Å². The van der Waals surface area contributed by atoms with Crippen molar-refractivity contribution in [3.63, 3.8) is 0 Å². The third kappa shape index (κ3) is 4.82. The zero-order valence-electron chi connectivity index (χ0n) is 35.5. The summed E-state index contributed by atoms with van der Waals surface area (Å²) in [6, 6.07) is 76.2.